The lowest BCUT2D eigenvalue weighted by molar-refractivity contribution is -0.123. The molecule has 0 spiro atoms. The molecule has 0 aliphatic carbocycles. The van der Waals surface area contributed by atoms with E-state index in [-0.39, 0.29) is 6.61 Å². The van der Waals surface area contributed by atoms with Gasteiger partial charge in [-0.05, 0) is 42.5 Å². The van der Waals surface area contributed by atoms with Crippen LogP contribution < -0.4 is 20.3 Å². The molecule has 0 bridgehead atoms. The molecule has 9 heteroatoms. The lowest BCUT2D eigenvalue weighted by Crippen LogP contribution is -2.43. The fraction of sp³-hybridized carbons (Fsp3) is 0.111. The Hall–Kier alpha value is -2.48. The molecule has 3 aromatic rings. The van der Waals surface area contributed by atoms with Crippen molar-refractivity contribution in [1.29, 1.82) is 0 Å². The number of fused-ring (bicyclic) bond motifs is 1. The average molecular weight is 425 g/mol. The molecule has 6 nitrogen and oxygen atoms in total. The Morgan fingerprint density at radius 2 is 1.74 bits per heavy atom. The number of amides is 2. The second-order valence-electron chi connectivity index (χ2n) is 5.35. The van der Waals surface area contributed by atoms with E-state index in [1.807, 2.05) is 0 Å². The number of nitrogens with one attached hydrogen (secondary N) is 2. The van der Waals surface area contributed by atoms with Crippen molar-refractivity contribution >= 4 is 56.4 Å². The SMILES string of the molecule is COc1ccc2c(Cl)c(C(=O)NNC(=O)COc3ccc(Cl)cc3)sc2c1. The fourth-order valence-corrected chi connectivity index (χ4v) is 3.78. The molecule has 1 heterocycles. The van der Waals surface area contributed by atoms with Gasteiger partial charge in [0.05, 0.1) is 12.1 Å². The largest absolute Gasteiger partial charge is 0.497 e. The highest BCUT2D eigenvalue weighted by atomic mass is 35.5. The van der Waals surface area contributed by atoms with Gasteiger partial charge in [-0.2, -0.15) is 0 Å². The van der Waals surface area contributed by atoms with Crippen molar-refractivity contribution in [3.05, 3.63) is 57.4 Å². The minimum Gasteiger partial charge on any atom is -0.497 e. The predicted octanol–water partition coefficient (Wildman–Crippen LogP) is 4.06. The number of carbonyl (C=O) groups is 2. The summed E-state index contributed by atoms with van der Waals surface area (Å²) in [6.07, 6.45) is 0. The molecule has 2 aromatic carbocycles. The highest BCUT2D eigenvalue weighted by molar-refractivity contribution is 7.21. The van der Waals surface area contributed by atoms with Gasteiger partial charge in [-0.3, -0.25) is 20.4 Å². The lowest BCUT2D eigenvalue weighted by Gasteiger charge is -2.08. The number of methoxy groups -OCH3 is 1. The molecule has 0 aliphatic rings. The maximum atomic E-state index is 12.3. The van der Waals surface area contributed by atoms with Crippen LogP contribution >= 0.6 is 34.5 Å². The first-order chi connectivity index (χ1) is 13.0. The number of ether oxygens (including phenoxy) is 2. The topological polar surface area (TPSA) is 76.7 Å². The van der Waals surface area contributed by atoms with Gasteiger partial charge in [-0.25, -0.2) is 0 Å². The number of thiophene rings is 1. The number of hydrogen-bond acceptors (Lipinski definition) is 5. The minimum atomic E-state index is -0.516. The quantitative estimate of drug-likeness (QED) is 0.605. The Kier molecular flexibility index (Phi) is 6.05. The third-order valence-corrected chi connectivity index (χ3v) is 5.45. The van der Waals surface area contributed by atoms with Gasteiger partial charge in [-0.15, -0.1) is 11.3 Å². The molecule has 0 fully saturated rings. The summed E-state index contributed by atoms with van der Waals surface area (Å²) in [4.78, 5) is 24.4. The smallest absolute Gasteiger partial charge is 0.281 e. The van der Waals surface area contributed by atoms with Crippen molar-refractivity contribution in [3.8, 4) is 11.5 Å². The van der Waals surface area contributed by atoms with E-state index in [4.69, 9.17) is 32.7 Å². The predicted molar refractivity (Wildman–Crippen MR) is 106 cm³/mol. The zero-order valence-corrected chi connectivity index (χ0v) is 16.4. The van der Waals surface area contributed by atoms with E-state index in [0.29, 0.717) is 26.4 Å². The van der Waals surface area contributed by atoms with E-state index in [0.717, 1.165) is 10.1 Å². The monoisotopic (exact) mass is 424 g/mol. The number of hydrogen-bond donors (Lipinski definition) is 2. The van der Waals surface area contributed by atoms with E-state index >= 15 is 0 Å². The summed E-state index contributed by atoms with van der Waals surface area (Å²) in [7, 11) is 1.56. The molecule has 0 saturated carbocycles. The van der Waals surface area contributed by atoms with Crippen LogP contribution in [0.5, 0.6) is 11.5 Å². The maximum absolute atomic E-state index is 12.3. The van der Waals surface area contributed by atoms with E-state index in [9.17, 15) is 9.59 Å². The van der Waals surface area contributed by atoms with Crippen LogP contribution in [0.1, 0.15) is 9.67 Å². The lowest BCUT2D eigenvalue weighted by atomic mass is 10.2. The number of hydrazine groups is 1. The first kappa shape index (κ1) is 19.3. The fourth-order valence-electron chi connectivity index (χ4n) is 2.22. The molecule has 2 amide bonds. The molecule has 0 unspecified atom stereocenters. The van der Waals surface area contributed by atoms with E-state index in [1.165, 1.54) is 11.3 Å². The van der Waals surface area contributed by atoms with Crippen LogP contribution in [-0.4, -0.2) is 25.5 Å². The molecule has 27 heavy (non-hydrogen) atoms. The summed E-state index contributed by atoms with van der Waals surface area (Å²) in [6.45, 7) is -0.265. The summed E-state index contributed by atoms with van der Waals surface area (Å²) in [5.74, 6) is 0.125. The van der Waals surface area contributed by atoms with Crippen molar-refractivity contribution in [2.45, 2.75) is 0 Å². The van der Waals surface area contributed by atoms with Gasteiger partial charge in [0.25, 0.3) is 11.8 Å². The zero-order valence-electron chi connectivity index (χ0n) is 14.0. The molecular weight excluding hydrogens is 411 g/mol. The van der Waals surface area contributed by atoms with E-state index in [2.05, 4.69) is 10.9 Å². The number of rotatable bonds is 5. The van der Waals surface area contributed by atoms with Crippen LogP contribution in [-0.2, 0) is 4.79 Å². The third-order valence-electron chi connectivity index (χ3n) is 3.54. The highest BCUT2D eigenvalue weighted by Crippen LogP contribution is 2.37. The molecule has 140 valence electrons. The Balaban J connectivity index is 1.58. The van der Waals surface area contributed by atoms with Crippen LogP contribution in [0.2, 0.25) is 10.0 Å². The van der Waals surface area contributed by atoms with Crippen LogP contribution in [0, 0.1) is 0 Å². The first-order valence-corrected chi connectivity index (χ1v) is 9.29. The second-order valence-corrected chi connectivity index (χ2v) is 7.22. The molecular formula is C18H14Cl2N2O4S. The summed E-state index contributed by atoms with van der Waals surface area (Å²) in [6, 6.07) is 11.9. The summed E-state index contributed by atoms with van der Waals surface area (Å²) in [5, 5.41) is 1.63. The highest BCUT2D eigenvalue weighted by Gasteiger charge is 2.18. The first-order valence-electron chi connectivity index (χ1n) is 7.71. The van der Waals surface area contributed by atoms with Crippen molar-refractivity contribution in [2.75, 3.05) is 13.7 Å². The van der Waals surface area contributed by atoms with Gasteiger partial charge in [-0.1, -0.05) is 23.2 Å². The van der Waals surface area contributed by atoms with Crippen LogP contribution in [0.25, 0.3) is 10.1 Å². The molecule has 3 rings (SSSR count). The Morgan fingerprint density at radius 1 is 1.04 bits per heavy atom. The number of benzene rings is 2. The van der Waals surface area contributed by atoms with Crippen molar-refractivity contribution in [1.82, 2.24) is 10.9 Å². The Bertz CT molecular complexity index is 989. The van der Waals surface area contributed by atoms with E-state index in [1.54, 1.807) is 49.6 Å². The van der Waals surface area contributed by atoms with Crippen LogP contribution in [0.3, 0.4) is 0 Å². The van der Waals surface area contributed by atoms with E-state index < -0.39 is 11.8 Å². The summed E-state index contributed by atoms with van der Waals surface area (Å²) >= 11 is 13.3. The number of halogens is 2. The molecule has 0 aliphatic heterocycles. The molecule has 2 N–H and O–H groups in total. The third kappa shape index (κ3) is 4.63. The normalized spacial score (nSPS) is 10.5. The van der Waals surface area contributed by atoms with Gasteiger partial charge in [0.1, 0.15) is 16.4 Å². The van der Waals surface area contributed by atoms with Gasteiger partial charge >= 0.3 is 0 Å². The Morgan fingerprint density at radius 3 is 2.44 bits per heavy atom. The molecule has 0 atom stereocenters. The average Bonchev–Trinajstić information content (AvgIpc) is 3.01. The van der Waals surface area contributed by atoms with Crippen molar-refractivity contribution in [2.24, 2.45) is 0 Å². The van der Waals surface area contributed by atoms with Crippen molar-refractivity contribution in [3.63, 3.8) is 0 Å². The molecule has 1 aromatic heterocycles. The maximum Gasteiger partial charge on any atom is 0.281 e. The van der Waals surface area contributed by atoms with Gasteiger partial charge in [0.2, 0.25) is 0 Å². The number of carbonyl (C=O) groups excluding carboxylic acids is 2. The van der Waals surface area contributed by atoms with Gasteiger partial charge in [0, 0.05) is 15.1 Å². The summed E-state index contributed by atoms with van der Waals surface area (Å²) in [5.41, 5.74) is 4.62. The summed E-state index contributed by atoms with van der Waals surface area (Å²) < 4.78 is 11.3. The zero-order chi connectivity index (χ0) is 19.4. The van der Waals surface area contributed by atoms with Crippen LogP contribution in [0.15, 0.2) is 42.5 Å². The Labute approximate surface area is 168 Å². The van der Waals surface area contributed by atoms with Gasteiger partial charge in [0.15, 0.2) is 6.61 Å². The van der Waals surface area contributed by atoms with Gasteiger partial charge < -0.3 is 9.47 Å². The molecule has 0 radical (unpaired) electrons. The second kappa shape index (κ2) is 8.47. The standard InChI is InChI=1S/C18H14Cl2N2O4S/c1-25-12-6-7-13-14(8-12)27-17(16(13)20)18(24)22-21-15(23)9-26-11-4-2-10(19)3-5-11/h2-8H,9H2,1H3,(H,21,23)(H,22,24). The minimum absolute atomic E-state index is 0.265. The molecule has 0 saturated heterocycles. The van der Waals surface area contributed by atoms with Crippen LogP contribution in [0.4, 0.5) is 0 Å². The van der Waals surface area contributed by atoms with Crippen molar-refractivity contribution < 1.29 is 19.1 Å².